The third-order valence-electron chi connectivity index (χ3n) is 5.81. The number of benzene rings is 2. The average molecular weight is 556 g/mol. The molecule has 0 fully saturated rings. The zero-order valence-corrected chi connectivity index (χ0v) is 24.7. The lowest BCUT2D eigenvalue weighted by molar-refractivity contribution is -0.142. The van der Waals surface area contributed by atoms with Crippen LogP contribution in [0, 0.1) is 16.7 Å². The minimum atomic E-state index is -1.32. The van der Waals surface area contributed by atoms with Crippen LogP contribution in [0.25, 0.3) is 22.6 Å². The van der Waals surface area contributed by atoms with E-state index in [4.69, 9.17) is 23.5 Å². The third kappa shape index (κ3) is 8.30. The number of carbonyl (C=O) groups is 1. The van der Waals surface area contributed by atoms with Crippen molar-refractivity contribution in [2.75, 3.05) is 13.2 Å². The summed E-state index contributed by atoms with van der Waals surface area (Å²) in [6.07, 6.45) is 1.44. The lowest BCUT2D eigenvalue weighted by Gasteiger charge is -2.35. The van der Waals surface area contributed by atoms with E-state index in [9.17, 15) is 9.59 Å². The fourth-order valence-corrected chi connectivity index (χ4v) is 5.54. The summed E-state index contributed by atoms with van der Waals surface area (Å²) in [7, 11) is -1.32. The van der Waals surface area contributed by atoms with Gasteiger partial charge in [0, 0.05) is 29.8 Å². The maximum Gasteiger partial charge on any atom is 0.316 e. The van der Waals surface area contributed by atoms with Crippen molar-refractivity contribution in [3.63, 3.8) is 0 Å². The van der Waals surface area contributed by atoms with Crippen molar-refractivity contribution in [3.05, 3.63) is 46.1 Å². The van der Waals surface area contributed by atoms with E-state index in [0.29, 0.717) is 66.3 Å². The number of nitrogens with zero attached hydrogens (tertiary/aromatic N) is 3. The molecule has 0 saturated carbocycles. The van der Waals surface area contributed by atoms with E-state index in [0.717, 1.165) is 0 Å². The van der Waals surface area contributed by atoms with Crippen LogP contribution < -0.4 is 10.2 Å². The van der Waals surface area contributed by atoms with Gasteiger partial charge in [-0.05, 0) is 79.5 Å². The molecule has 1 aromatic rings. The number of nitriles is 1. The molecule has 1 unspecified atom stereocenters. The molecular weight excluding hydrogens is 517 g/mol. The van der Waals surface area contributed by atoms with Crippen molar-refractivity contribution < 1.29 is 23.0 Å². The zero-order chi connectivity index (χ0) is 28.7. The van der Waals surface area contributed by atoms with E-state index in [2.05, 4.69) is 43.4 Å². The number of hydrogen-bond donors (Lipinski definition) is 0. The number of rotatable bonds is 12. The molecule has 210 valence electrons. The van der Waals surface area contributed by atoms with Crippen LogP contribution in [0.15, 0.2) is 39.5 Å². The number of fused-ring (bicyclic) bond motifs is 2. The molecule has 1 heterocycles. The minimum absolute atomic E-state index is 0.138. The van der Waals surface area contributed by atoms with Crippen molar-refractivity contribution >= 4 is 25.6 Å². The summed E-state index contributed by atoms with van der Waals surface area (Å²) in [4.78, 5) is 29.7. The van der Waals surface area contributed by atoms with Crippen molar-refractivity contribution in [2.45, 2.75) is 79.8 Å². The molecule has 0 amide bonds. The summed E-state index contributed by atoms with van der Waals surface area (Å²) in [6.45, 7) is 14.4. The van der Waals surface area contributed by atoms with Gasteiger partial charge in [0.25, 0.3) is 8.53 Å². The van der Waals surface area contributed by atoms with Gasteiger partial charge in [0.2, 0.25) is 0 Å². The van der Waals surface area contributed by atoms with Crippen LogP contribution in [0.5, 0.6) is 5.75 Å². The van der Waals surface area contributed by atoms with E-state index in [1.807, 2.05) is 0 Å². The van der Waals surface area contributed by atoms with Gasteiger partial charge in [-0.1, -0.05) is 0 Å². The summed E-state index contributed by atoms with van der Waals surface area (Å²) in [5.74, 6) is 0.371. The molecular formula is C29H38N3O6P. The Morgan fingerprint density at radius 3 is 2.44 bits per heavy atom. The molecule has 3 rings (SSSR count). The number of esters is 1. The van der Waals surface area contributed by atoms with Gasteiger partial charge in [-0.2, -0.15) is 5.26 Å². The first-order valence-electron chi connectivity index (χ1n) is 13.2. The molecule has 10 heteroatoms. The Labute approximate surface area is 231 Å². The van der Waals surface area contributed by atoms with Crippen LogP contribution in [0.4, 0.5) is 0 Å². The van der Waals surface area contributed by atoms with Gasteiger partial charge in [-0.25, -0.2) is 9.65 Å². The molecule has 9 nitrogen and oxygen atoms in total. The summed E-state index contributed by atoms with van der Waals surface area (Å²) in [5.41, 5.74) is 1.44. The largest absolute Gasteiger partial charge is 0.453 e. The Balaban J connectivity index is 1.71. The quantitative estimate of drug-likeness (QED) is 0.0815. The molecule has 1 atom stereocenters. The first-order chi connectivity index (χ1) is 18.4. The second kappa shape index (κ2) is 13.5. The highest BCUT2D eigenvalue weighted by Gasteiger charge is 2.27. The maximum absolute atomic E-state index is 12.8. The number of aromatic nitrogens is 1. The summed E-state index contributed by atoms with van der Waals surface area (Å²) >= 11 is 0. The van der Waals surface area contributed by atoms with Gasteiger partial charge < -0.3 is 18.2 Å². The van der Waals surface area contributed by atoms with Gasteiger partial charge in [-0.15, -0.1) is 0 Å². The van der Waals surface area contributed by atoms with Crippen LogP contribution in [-0.4, -0.2) is 40.9 Å². The fraction of sp³-hybridized carbons (Fsp3) is 0.517. The number of aryl methyl sites for hydroxylation is 1. The number of carbonyl (C=O) groups excluding carboxylic acids is 1. The van der Waals surface area contributed by atoms with Crippen LogP contribution in [-0.2, 0) is 20.3 Å². The first-order valence-corrected chi connectivity index (χ1v) is 14.3. The Bertz CT molecular complexity index is 1330. The Hall–Kier alpha value is -2.89. The molecule has 1 aliphatic heterocycles. The van der Waals surface area contributed by atoms with Crippen molar-refractivity contribution in [3.8, 4) is 23.3 Å². The van der Waals surface area contributed by atoms with E-state index in [-0.39, 0.29) is 23.5 Å². The van der Waals surface area contributed by atoms with Crippen molar-refractivity contribution in [1.82, 2.24) is 9.65 Å². The molecule has 0 N–H and O–H groups in total. The number of ether oxygens (including phenoxy) is 1. The molecule has 0 saturated heterocycles. The van der Waals surface area contributed by atoms with E-state index >= 15 is 0 Å². The molecule has 39 heavy (non-hydrogen) atoms. The Morgan fingerprint density at radius 1 is 1.10 bits per heavy atom. The SMILES string of the molecule is CC(C)N(C(C)C)P(OCCC#N)OCCCc1cc2nc3ccc(OC(=O)C(C)(C)C)cc3oc-2cc1=O. The second-order valence-corrected chi connectivity index (χ2v) is 12.3. The molecule has 1 aliphatic carbocycles. The average Bonchev–Trinajstić information content (AvgIpc) is 2.84. The summed E-state index contributed by atoms with van der Waals surface area (Å²) in [5, 5.41) is 8.87. The summed E-state index contributed by atoms with van der Waals surface area (Å²) in [6, 6.07) is 10.8. The Morgan fingerprint density at radius 2 is 1.79 bits per heavy atom. The van der Waals surface area contributed by atoms with Crippen LogP contribution in [0.1, 0.15) is 66.9 Å². The zero-order valence-electron chi connectivity index (χ0n) is 23.8. The van der Waals surface area contributed by atoms with Gasteiger partial charge in [-0.3, -0.25) is 9.59 Å². The van der Waals surface area contributed by atoms with E-state index < -0.39 is 13.9 Å². The maximum atomic E-state index is 12.8. The monoisotopic (exact) mass is 555 g/mol. The van der Waals surface area contributed by atoms with Gasteiger partial charge in [0.15, 0.2) is 16.8 Å². The first kappa shape index (κ1) is 30.6. The van der Waals surface area contributed by atoms with E-state index in [1.165, 1.54) is 6.07 Å². The molecule has 0 radical (unpaired) electrons. The summed E-state index contributed by atoms with van der Waals surface area (Å²) < 4.78 is 25.6. The topological polar surface area (TPSA) is 115 Å². The fourth-order valence-electron chi connectivity index (χ4n) is 3.92. The van der Waals surface area contributed by atoms with Crippen molar-refractivity contribution in [2.24, 2.45) is 5.41 Å². The molecule has 0 aromatic heterocycles. The predicted octanol–water partition coefficient (Wildman–Crippen LogP) is 6.47. The van der Waals surface area contributed by atoms with Crippen molar-refractivity contribution in [1.29, 1.82) is 5.26 Å². The second-order valence-electron chi connectivity index (χ2n) is 10.9. The van der Waals surface area contributed by atoms with Crippen LogP contribution in [0.3, 0.4) is 0 Å². The highest BCUT2D eigenvalue weighted by atomic mass is 31.2. The third-order valence-corrected chi connectivity index (χ3v) is 7.92. The van der Waals surface area contributed by atoms with Gasteiger partial charge in [0.05, 0.1) is 31.1 Å². The molecule has 1 aromatic carbocycles. The normalized spacial score (nSPS) is 12.9. The van der Waals surface area contributed by atoms with Crippen LogP contribution in [0.2, 0.25) is 0 Å². The smallest absolute Gasteiger partial charge is 0.316 e. The molecule has 0 bridgehead atoms. The molecule has 2 aliphatic rings. The lowest BCUT2D eigenvalue weighted by Crippen LogP contribution is -2.33. The Kier molecular flexibility index (Phi) is 10.6. The number of hydrogen-bond acceptors (Lipinski definition) is 9. The lowest BCUT2D eigenvalue weighted by atomic mass is 9.97. The highest BCUT2D eigenvalue weighted by Crippen LogP contribution is 2.46. The van der Waals surface area contributed by atoms with Crippen LogP contribution >= 0.6 is 8.53 Å². The molecule has 0 spiro atoms. The minimum Gasteiger partial charge on any atom is -0.453 e. The predicted molar refractivity (Wildman–Crippen MR) is 151 cm³/mol. The van der Waals surface area contributed by atoms with Gasteiger partial charge >= 0.3 is 5.97 Å². The highest BCUT2D eigenvalue weighted by molar-refractivity contribution is 7.44. The van der Waals surface area contributed by atoms with E-state index in [1.54, 1.807) is 45.0 Å². The van der Waals surface area contributed by atoms with Gasteiger partial charge in [0.1, 0.15) is 17.0 Å². The standard InChI is InChI=1S/C29H38N3O6P/c1-19(2)32(20(3)4)39(36-15-9-13-30)35-14-8-10-21-16-24-27(18-25(21)33)38-26-17-22(11-12-23(26)31-24)37-28(34)29(5,6)7/h11-12,16-20H,8-10,14-15H2,1-7H3.